The number of allylic oxidation sites excluding steroid dienone is 3. The van der Waals surface area contributed by atoms with Crippen LogP contribution in [0.2, 0.25) is 0 Å². The molecule has 0 spiro atoms. The van der Waals surface area contributed by atoms with Crippen LogP contribution in [-0.4, -0.2) is 5.78 Å². The number of carbonyl (C=O) groups excluding carboxylic acids is 1. The van der Waals surface area contributed by atoms with Crippen molar-refractivity contribution in [3.05, 3.63) is 48.6 Å². The van der Waals surface area contributed by atoms with Crippen molar-refractivity contribution in [1.29, 1.82) is 10.5 Å². The van der Waals surface area contributed by atoms with Gasteiger partial charge in [-0.25, -0.2) is 0 Å². The van der Waals surface area contributed by atoms with Crippen LogP contribution in [0.15, 0.2) is 15.2 Å². The summed E-state index contributed by atoms with van der Waals surface area (Å²) < 4.78 is 164. The third-order valence-electron chi connectivity index (χ3n) is 4.21. The summed E-state index contributed by atoms with van der Waals surface area (Å²) >= 11 is 1.06. The largest absolute Gasteiger partial charge is 0.417 e. The van der Waals surface area contributed by atoms with Gasteiger partial charge in [-0.05, 0) is 4.08 Å². The molecule has 0 bridgehead atoms. The fourth-order valence-corrected chi connectivity index (χ4v) is 3.84. The molecule has 0 amide bonds. The van der Waals surface area contributed by atoms with Gasteiger partial charge in [0.1, 0.15) is 17.7 Å². The maximum absolute atomic E-state index is 13.8. The first-order chi connectivity index (χ1) is 14.7. The minimum Gasteiger partial charge on any atom is -0.289 e. The number of hydrogen-bond acceptors (Lipinski definition) is 3. The van der Waals surface area contributed by atoms with Crippen molar-refractivity contribution in [2.24, 2.45) is 0 Å². The summed E-state index contributed by atoms with van der Waals surface area (Å²) in [4.78, 5) is 12.5. The summed E-state index contributed by atoms with van der Waals surface area (Å²) in [5.41, 5.74) is -23.1. The fraction of sp³-hybridized carbons (Fsp3) is 0.235. The zero-order valence-corrected chi connectivity index (χ0v) is 17.0. The molecule has 0 radical (unpaired) electrons. The second kappa shape index (κ2) is 7.93. The van der Waals surface area contributed by atoms with Gasteiger partial charge in [0.15, 0.2) is 5.78 Å². The highest BCUT2D eigenvalue weighted by Gasteiger charge is 2.60. The number of alkyl halides is 12. The van der Waals surface area contributed by atoms with E-state index in [0.29, 0.717) is 4.08 Å². The first-order valence-corrected chi connectivity index (χ1v) is 8.92. The molecule has 0 heterocycles. The molecule has 0 atom stereocenters. The highest BCUT2D eigenvalue weighted by Crippen LogP contribution is 2.58. The molecule has 16 heteroatoms. The van der Waals surface area contributed by atoms with Gasteiger partial charge in [0.05, 0.1) is 22.3 Å². The van der Waals surface area contributed by atoms with E-state index in [1.807, 2.05) is 0 Å². The van der Waals surface area contributed by atoms with Gasteiger partial charge in [0.25, 0.3) is 0 Å². The van der Waals surface area contributed by atoms with Crippen LogP contribution in [0.25, 0.3) is 5.57 Å². The first-order valence-electron chi connectivity index (χ1n) is 7.68. The van der Waals surface area contributed by atoms with E-state index < -0.39 is 80.6 Å². The number of Topliss-reactive ketones (excluding diaryl/α,β-unsaturated/α-hetero) is 1. The second-order valence-corrected chi connectivity index (χ2v) is 6.69. The van der Waals surface area contributed by atoms with Gasteiger partial charge in [-0.1, -0.05) is 22.6 Å². The summed E-state index contributed by atoms with van der Waals surface area (Å²) in [6.07, 6.45) is -26.1. The number of nitriles is 2. The number of halogens is 13. The zero-order chi connectivity index (χ0) is 25.9. The van der Waals surface area contributed by atoms with Crippen LogP contribution in [-0.2, 0) is 24.7 Å². The number of ketones is 1. The van der Waals surface area contributed by atoms with E-state index in [1.54, 1.807) is 0 Å². The smallest absolute Gasteiger partial charge is 0.289 e. The Balaban J connectivity index is 3.60. The minimum absolute atomic E-state index is 0.435. The van der Waals surface area contributed by atoms with Gasteiger partial charge in [0.2, 0.25) is 0 Å². The molecule has 3 nitrogen and oxygen atoms in total. The lowest BCUT2D eigenvalue weighted by molar-refractivity contribution is -0.182. The monoisotopic (exact) mass is 604 g/mol. The molecule has 0 unspecified atom stereocenters. The van der Waals surface area contributed by atoms with Crippen molar-refractivity contribution in [3.8, 4) is 12.1 Å². The van der Waals surface area contributed by atoms with E-state index in [1.165, 1.54) is 0 Å². The van der Waals surface area contributed by atoms with Crippen LogP contribution in [0.1, 0.15) is 38.2 Å². The number of fused-ring (bicyclic) bond motifs is 1. The van der Waals surface area contributed by atoms with Gasteiger partial charge in [-0.3, -0.25) is 4.79 Å². The summed E-state index contributed by atoms with van der Waals surface area (Å²) in [6.45, 7) is 0. The fourth-order valence-electron chi connectivity index (χ4n) is 3.24. The average Bonchev–Trinajstić information content (AvgIpc) is 2.90. The molecule has 176 valence electrons. The number of hydrogen-bond donors (Lipinski definition) is 0. The summed E-state index contributed by atoms with van der Waals surface area (Å²) in [7, 11) is 0. The van der Waals surface area contributed by atoms with Crippen molar-refractivity contribution < 1.29 is 57.5 Å². The zero-order valence-electron chi connectivity index (χ0n) is 14.8. The molecule has 0 aliphatic heterocycles. The number of carbonyl (C=O) groups is 1. The Morgan fingerprint density at radius 2 is 1.00 bits per heavy atom. The van der Waals surface area contributed by atoms with Gasteiger partial charge in [-0.15, -0.1) is 0 Å². The molecule has 1 aromatic rings. The molecular formula is C17HF12IN2O. The maximum atomic E-state index is 13.8. The Kier molecular flexibility index (Phi) is 6.36. The predicted octanol–water partition coefficient (Wildman–Crippen LogP) is 7.08. The Labute approximate surface area is 187 Å². The van der Waals surface area contributed by atoms with Gasteiger partial charge >= 0.3 is 24.7 Å². The van der Waals surface area contributed by atoms with E-state index in [0.717, 1.165) is 34.7 Å². The average molecular weight is 604 g/mol. The predicted molar refractivity (Wildman–Crippen MR) is 91.0 cm³/mol. The minimum atomic E-state index is -6.66. The Bertz CT molecular complexity index is 1180. The molecule has 0 aromatic heterocycles. The van der Waals surface area contributed by atoms with Crippen molar-refractivity contribution in [2.45, 2.75) is 24.7 Å². The Morgan fingerprint density at radius 1 is 0.667 bits per heavy atom. The van der Waals surface area contributed by atoms with Crippen molar-refractivity contribution >= 4 is 33.9 Å². The van der Waals surface area contributed by atoms with E-state index >= 15 is 0 Å². The molecule has 0 saturated heterocycles. The molecule has 1 aliphatic carbocycles. The quantitative estimate of drug-likeness (QED) is 0.138. The summed E-state index contributed by atoms with van der Waals surface area (Å²) in [5, 5.41) is 17.9. The van der Waals surface area contributed by atoms with Gasteiger partial charge in [0, 0.05) is 22.3 Å². The van der Waals surface area contributed by atoms with Crippen molar-refractivity contribution in [2.75, 3.05) is 0 Å². The normalized spacial score (nSPS) is 16.0. The van der Waals surface area contributed by atoms with Crippen LogP contribution in [0, 0.1) is 22.7 Å². The third kappa shape index (κ3) is 4.28. The number of benzene rings is 1. The van der Waals surface area contributed by atoms with Crippen LogP contribution >= 0.6 is 22.6 Å². The first kappa shape index (κ1) is 26.5. The Morgan fingerprint density at radius 3 is 1.27 bits per heavy atom. The van der Waals surface area contributed by atoms with Crippen LogP contribution in [0.4, 0.5) is 52.7 Å². The lowest BCUT2D eigenvalue weighted by atomic mass is 9.84. The van der Waals surface area contributed by atoms with E-state index in [2.05, 4.69) is 0 Å². The SMILES string of the molecule is N#CC(C#N)=C1/C(=C\I)C(=O)c2c1c(C(F)(F)F)c(C(F)(F)F)c(C(F)(F)F)c2C(F)(F)F. The highest BCUT2D eigenvalue weighted by atomic mass is 127. The highest BCUT2D eigenvalue weighted by molar-refractivity contribution is 14.1. The summed E-state index contributed by atoms with van der Waals surface area (Å²) in [5.74, 6) is -2.17. The van der Waals surface area contributed by atoms with Crippen molar-refractivity contribution in [3.63, 3.8) is 0 Å². The molecule has 2 rings (SSSR count). The van der Waals surface area contributed by atoms with Crippen LogP contribution in [0.5, 0.6) is 0 Å². The van der Waals surface area contributed by atoms with Gasteiger partial charge in [-0.2, -0.15) is 63.2 Å². The second-order valence-electron chi connectivity index (χ2n) is 6.07. The lowest BCUT2D eigenvalue weighted by Crippen LogP contribution is -2.30. The van der Waals surface area contributed by atoms with Crippen molar-refractivity contribution in [1.82, 2.24) is 0 Å². The van der Waals surface area contributed by atoms with E-state index in [4.69, 9.17) is 10.5 Å². The molecular weight excluding hydrogens is 603 g/mol. The molecule has 0 saturated carbocycles. The molecule has 33 heavy (non-hydrogen) atoms. The van der Waals surface area contributed by atoms with Crippen LogP contribution < -0.4 is 0 Å². The number of nitrogens with zero attached hydrogens (tertiary/aromatic N) is 2. The van der Waals surface area contributed by atoms with Crippen LogP contribution in [0.3, 0.4) is 0 Å². The molecule has 1 aliphatic rings. The Hall–Kier alpha value is -2.76. The molecule has 0 fully saturated rings. The molecule has 1 aromatic carbocycles. The maximum Gasteiger partial charge on any atom is 0.417 e. The number of rotatable bonds is 0. The van der Waals surface area contributed by atoms with Gasteiger partial charge < -0.3 is 0 Å². The van der Waals surface area contributed by atoms with E-state index in [9.17, 15) is 57.5 Å². The summed E-state index contributed by atoms with van der Waals surface area (Å²) in [6, 6.07) is 1.86. The molecule has 0 N–H and O–H groups in total. The third-order valence-corrected chi connectivity index (χ3v) is 4.83. The standard InChI is InChI=1S/C17HF12IN2O/c18-14(19,20)9-7-6(4(2-31)3-32)5(1-30)13(33)8(7)10(15(21,22)23)12(17(27,28)29)11(9)16(24,25)26/h1H/b5-1+. The van der Waals surface area contributed by atoms with E-state index in [-0.39, 0.29) is 0 Å². The lowest BCUT2D eigenvalue weighted by Gasteiger charge is -2.27. The topological polar surface area (TPSA) is 64.7 Å².